The zero-order chi connectivity index (χ0) is 19.9. The second-order valence-corrected chi connectivity index (χ2v) is 7.42. The van der Waals surface area contributed by atoms with Crippen molar-refractivity contribution in [1.29, 1.82) is 0 Å². The Hall–Kier alpha value is -2.87. The fraction of sp³-hybridized carbons (Fsp3) is 0.250. The van der Waals surface area contributed by atoms with Gasteiger partial charge in [0, 0.05) is 12.6 Å². The summed E-state index contributed by atoms with van der Waals surface area (Å²) in [7, 11) is 1.61. The van der Waals surface area contributed by atoms with E-state index in [-0.39, 0.29) is 17.0 Å². The van der Waals surface area contributed by atoms with Crippen LogP contribution in [0.1, 0.15) is 12.5 Å². The third kappa shape index (κ3) is 5.10. The molecule has 28 heavy (non-hydrogen) atoms. The minimum absolute atomic E-state index is 0.0905. The molecule has 1 heterocycles. The predicted octanol–water partition coefficient (Wildman–Crippen LogP) is 3.25. The molecular formula is C20H21FN4O2S. The number of ether oxygens (including phenoxy) is 1. The van der Waals surface area contributed by atoms with Crippen molar-refractivity contribution in [3.05, 3.63) is 66.2 Å². The van der Waals surface area contributed by atoms with E-state index in [0.29, 0.717) is 18.1 Å². The molecule has 0 aliphatic rings. The SMILES string of the molecule is COc1cccc(-n2cnnc2S[C@@H](C)C(=O)NCCc2ccc(F)cc2)c1. The second-order valence-electron chi connectivity index (χ2n) is 6.11. The highest BCUT2D eigenvalue weighted by molar-refractivity contribution is 8.00. The van der Waals surface area contributed by atoms with Crippen molar-refractivity contribution in [3.8, 4) is 11.4 Å². The molecule has 1 atom stereocenters. The van der Waals surface area contributed by atoms with Gasteiger partial charge in [-0.15, -0.1) is 10.2 Å². The Labute approximate surface area is 167 Å². The standard InChI is InChI=1S/C20H21FN4O2S/c1-14(19(26)22-11-10-15-6-8-16(21)9-7-15)28-20-24-23-13-25(20)17-4-3-5-18(12-17)27-2/h3-9,12-14H,10-11H2,1-2H3,(H,22,26)/t14-/m0/s1. The highest BCUT2D eigenvalue weighted by atomic mass is 32.2. The first kappa shape index (κ1) is 19.9. The first-order chi connectivity index (χ1) is 13.6. The Kier molecular flexibility index (Phi) is 6.65. The number of carbonyl (C=O) groups is 1. The number of aromatic nitrogens is 3. The Morgan fingerprint density at radius 1 is 1.29 bits per heavy atom. The molecule has 0 aliphatic heterocycles. The van der Waals surface area contributed by atoms with E-state index in [9.17, 15) is 9.18 Å². The van der Waals surface area contributed by atoms with Crippen molar-refractivity contribution in [2.24, 2.45) is 0 Å². The van der Waals surface area contributed by atoms with Gasteiger partial charge in [-0.25, -0.2) is 4.39 Å². The van der Waals surface area contributed by atoms with Gasteiger partial charge in [-0.2, -0.15) is 0 Å². The number of hydrogen-bond donors (Lipinski definition) is 1. The Balaban J connectivity index is 1.57. The summed E-state index contributed by atoms with van der Waals surface area (Å²) in [6, 6.07) is 13.8. The normalized spacial score (nSPS) is 11.8. The van der Waals surface area contributed by atoms with Crippen LogP contribution in [0.5, 0.6) is 5.75 Å². The summed E-state index contributed by atoms with van der Waals surface area (Å²) in [5, 5.41) is 11.3. The van der Waals surface area contributed by atoms with Crippen molar-refractivity contribution >= 4 is 17.7 Å². The van der Waals surface area contributed by atoms with Gasteiger partial charge in [-0.1, -0.05) is 30.0 Å². The largest absolute Gasteiger partial charge is 0.497 e. The number of nitrogens with zero attached hydrogens (tertiary/aromatic N) is 3. The molecule has 2 aromatic carbocycles. The van der Waals surface area contributed by atoms with Gasteiger partial charge < -0.3 is 10.1 Å². The summed E-state index contributed by atoms with van der Waals surface area (Å²) in [5.41, 5.74) is 1.83. The summed E-state index contributed by atoms with van der Waals surface area (Å²) in [6.45, 7) is 2.31. The third-order valence-corrected chi connectivity index (χ3v) is 5.18. The van der Waals surface area contributed by atoms with Crippen LogP contribution in [0.4, 0.5) is 4.39 Å². The minimum Gasteiger partial charge on any atom is -0.497 e. The summed E-state index contributed by atoms with van der Waals surface area (Å²) >= 11 is 1.33. The van der Waals surface area contributed by atoms with E-state index in [2.05, 4.69) is 15.5 Å². The van der Waals surface area contributed by atoms with Gasteiger partial charge in [-0.05, 0) is 43.2 Å². The summed E-state index contributed by atoms with van der Waals surface area (Å²) < 4.78 is 20.0. The molecule has 146 valence electrons. The molecule has 0 saturated heterocycles. The van der Waals surface area contributed by atoms with Gasteiger partial charge >= 0.3 is 0 Å². The number of thioether (sulfide) groups is 1. The summed E-state index contributed by atoms with van der Waals surface area (Å²) in [4.78, 5) is 12.4. The lowest BCUT2D eigenvalue weighted by molar-refractivity contribution is -0.120. The maximum atomic E-state index is 12.9. The molecule has 0 spiro atoms. The predicted molar refractivity (Wildman–Crippen MR) is 106 cm³/mol. The first-order valence-corrected chi connectivity index (χ1v) is 9.68. The molecular weight excluding hydrogens is 379 g/mol. The van der Waals surface area contributed by atoms with E-state index in [1.54, 1.807) is 25.6 Å². The van der Waals surface area contributed by atoms with Gasteiger partial charge in [0.05, 0.1) is 18.0 Å². The number of halogens is 1. The van der Waals surface area contributed by atoms with E-state index in [1.807, 2.05) is 35.8 Å². The Morgan fingerprint density at radius 2 is 2.07 bits per heavy atom. The molecule has 8 heteroatoms. The number of methoxy groups -OCH3 is 1. The van der Waals surface area contributed by atoms with Gasteiger partial charge in [0.25, 0.3) is 0 Å². The second kappa shape index (κ2) is 9.36. The van der Waals surface area contributed by atoms with Crippen molar-refractivity contribution < 1.29 is 13.9 Å². The van der Waals surface area contributed by atoms with Crippen molar-refractivity contribution in [2.45, 2.75) is 23.8 Å². The average molecular weight is 400 g/mol. The smallest absolute Gasteiger partial charge is 0.233 e. The summed E-state index contributed by atoms with van der Waals surface area (Å²) in [5.74, 6) is 0.374. The molecule has 1 N–H and O–H groups in total. The third-order valence-electron chi connectivity index (χ3n) is 4.13. The Morgan fingerprint density at radius 3 is 2.82 bits per heavy atom. The van der Waals surface area contributed by atoms with Crippen molar-refractivity contribution in [2.75, 3.05) is 13.7 Å². The lowest BCUT2D eigenvalue weighted by Gasteiger charge is -2.13. The topological polar surface area (TPSA) is 69.0 Å². The van der Waals surface area contributed by atoms with E-state index in [1.165, 1.54) is 23.9 Å². The fourth-order valence-corrected chi connectivity index (χ4v) is 3.45. The maximum absolute atomic E-state index is 12.9. The molecule has 1 aromatic heterocycles. The molecule has 3 aromatic rings. The molecule has 0 fully saturated rings. The quantitative estimate of drug-likeness (QED) is 0.588. The van der Waals surface area contributed by atoms with Crippen LogP contribution in [0.2, 0.25) is 0 Å². The van der Waals surface area contributed by atoms with Crippen LogP contribution in [0.25, 0.3) is 5.69 Å². The van der Waals surface area contributed by atoms with Gasteiger partial charge in [0.2, 0.25) is 5.91 Å². The summed E-state index contributed by atoms with van der Waals surface area (Å²) in [6.07, 6.45) is 2.25. The van der Waals surface area contributed by atoms with Crippen LogP contribution in [0, 0.1) is 5.82 Å². The van der Waals surface area contributed by atoms with Crippen molar-refractivity contribution in [1.82, 2.24) is 20.1 Å². The molecule has 1 amide bonds. The molecule has 0 unspecified atom stereocenters. The van der Waals surface area contributed by atoms with E-state index < -0.39 is 0 Å². The number of rotatable bonds is 8. The van der Waals surface area contributed by atoms with Crippen LogP contribution in [0.3, 0.4) is 0 Å². The lowest BCUT2D eigenvalue weighted by atomic mass is 10.1. The van der Waals surface area contributed by atoms with E-state index >= 15 is 0 Å². The van der Waals surface area contributed by atoms with Crippen LogP contribution >= 0.6 is 11.8 Å². The molecule has 6 nitrogen and oxygen atoms in total. The minimum atomic E-state index is -0.346. The Bertz CT molecular complexity index is 930. The van der Waals surface area contributed by atoms with Gasteiger partial charge in [0.15, 0.2) is 5.16 Å². The monoisotopic (exact) mass is 400 g/mol. The van der Waals surface area contributed by atoms with Crippen LogP contribution in [0.15, 0.2) is 60.0 Å². The number of hydrogen-bond acceptors (Lipinski definition) is 5. The lowest BCUT2D eigenvalue weighted by Crippen LogP contribution is -2.32. The number of amides is 1. The highest BCUT2D eigenvalue weighted by Gasteiger charge is 2.18. The maximum Gasteiger partial charge on any atom is 0.233 e. The van der Waals surface area contributed by atoms with Crippen LogP contribution in [-0.2, 0) is 11.2 Å². The zero-order valence-corrected chi connectivity index (χ0v) is 16.4. The van der Waals surface area contributed by atoms with Crippen molar-refractivity contribution in [3.63, 3.8) is 0 Å². The molecule has 0 saturated carbocycles. The van der Waals surface area contributed by atoms with Crippen LogP contribution in [-0.4, -0.2) is 39.6 Å². The molecule has 0 radical (unpaired) electrons. The van der Waals surface area contributed by atoms with Crippen LogP contribution < -0.4 is 10.1 Å². The highest BCUT2D eigenvalue weighted by Crippen LogP contribution is 2.25. The molecule has 3 rings (SSSR count). The molecule has 0 aliphatic carbocycles. The molecule has 0 bridgehead atoms. The van der Waals surface area contributed by atoms with E-state index in [4.69, 9.17) is 4.74 Å². The fourth-order valence-electron chi connectivity index (χ4n) is 2.58. The van der Waals surface area contributed by atoms with Gasteiger partial charge in [-0.3, -0.25) is 9.36 Å². The number of carbonyl (C=O) groups excluding carboxylic acids is 1. The first-order valence-electron chi connectivity index (χ1n) is 8.80. The average Bonchev–Trinajstić information content (AvgIpc) is 3.17. The zero-order valence-electron chi connectivity index (χ0n) is 15.6. The van der Waals surface area contributed by atoms with E-state index in [0.717, 1.165) is 17.0 Å². The number of nitrogens with one attached hydrogen (secondary N) is 1. The number of benzene rings is 2. The van der Waals surface area contributed by atoms with Gasteiger partial charge in [0.1, 0.15) is 17.9 Å².